The van der Waals surface area contributed by atoms with Crippen molar-refractivity contribution >= 4 is 23.4 Å². The van der Waals surface area contributed by atoms with Crippen LogP contribution in [-0.4, -0.2) is 11.8 Å². The first kappa shape index (κ1) is 11.7. The second kappa shape index (κ2) is 4.39. The van der Waals surface area contributed by atoms with Crippen LogP contribution in [0.1, 0.15) is 30.7 Å². The third kappa shape index (κ3) is 2.03. The minimum absolute atomic E-state index is 0.117. The molecule has 1 saturated carbocycles. The number of carbonyl (C=O) groups excluding carboxylic acids is 2. The summed E-state index contributed by atoms with van der Waals surface area (Å²) in [6.07, 6.45) is 2.67. The van der Waals surface area contributed by atoms with Gasteiger partial charge in [0.1, 0.15) is 0 Å². The lowest BCUT2D eigenvalue weighted by Gasteiger charge is -2.31. The fourth-order valence-corrected chi connectivity index (χ4v) is 3.11. The monoisotopic (exact) mass is 263 g/mol. The van der Waals surface area contributed by atoms with Crippen LogP contribution in [0.15, 0.2) is 24.3 Å². The number of imide groups is 1. The fraction of sp³-hybridized carbons (Fsp3) is 0.429. The van der Waals surface area contributed by atoms with E-state index in [0.717, 1.165) is 18.4 Å². The Morgan fingerprint density at radius 2 is 1.89 bits per heavy atom. The van der Waals surface area contributed by atoms with E-state index in [1.54, 1.807) is 6.07 Å². The molecule has 3 nitrogen and oxygen atoms in total. The molecule has 2 unspecified atom stereocenters. The summed E-state index contributed by atoms with van der Waals surface area (Å²) in [7, 11) is 0. The van der Waals surface area contributed by atoms with Crippen LogP contribution in [-0.2, 0) is 9.59 Å². The van der Waals surface area contributed by atoms with Crippen molar-refractivity contribution in [3.05, 3.63) is 34.9 Å². The molecule has 1 saturated heterocycles. The zero-order chi connectivity index (χ0) is 12.7. The second-order valence-electron chi connectivity index (χ2n) is 5.12. The smallest absolute Gasteiger partial charge is 0.234 e. The Morgan fingerprint density at radius 3 is 2.56 bits per heavy atom. The van der Waals surface area contributed by atoms with Crippen molar-refractivity contribution in [2.24, 2.45) is 11.8 Å². The summed E-state index contributed by atoms with van der Waals surface area (Å²) in [6, 6.07) is 7.42. The van der Waals surface area contributed by atoms with E-state index < -0.39 is 0 Å². The first-order chi connectivity index (χ1) is 8.66. The molecular weight excluding hydrogens is 250 g/mol. The maximum Gasteiger partial charge on any atom is 0.234 e. The van der Waals surface area contributed by atoms with Crippen molar-refractivity contribution < 1.29 is 9.59 Å². The van der Waals surface area contributed by atoms with Gasteiger partial charge in [-0.2, -0.15) is 0 Å². The molecule has 1 aliphatic heterocycles. The quantitative estimate of drug-likeness (QED) is 0.834. The average molecular weight is 264 g/mol. The largest absolute Gasteiger partial charge is 0.296 e. The number of carbonyl (C=O) groups is 2. The van der Waals surface area contributed by atoms with Crippen molar-refractivity contribution in [2.75, 3.05) is 0 Å². The predicted octanol–water partition coefficient (Wildman–Crippen LogP) is 2.50. The van der Waals surface area contributed by atoms with Gasteiger partial charge in [-0.1, -0.05) is 29.8 Å². The molecule has 2 atom stereocenters. The molecule has 1 aliphatic carbocycles. The van der Waals surface area contributed by atoms with Crippen LogP contribution in [0.25, 0.3) is 0 Å². The van der Waals surface area contributed by atoms with Crippen LogP contribution in [0, 0.1) is 11.8 Å². The van der Waals surface area contributed by atoms with Gasteiger partial charge in [-0.15, -0.1) is 0 Å². The van der Waals surface area contributed by atoms with Crippen molar-refractivity contribution in [1.82, 2.24) is 5.32 Å². The second-order valence-corrected chi connectivity index (χ2v) is 5.52. The van der Waals surface area contributed by atoms with Crippen LogP contribution >= 0.6 is 11.6 Å². The van der Waals surface area contributed by atoms with E-state index in [-0.39, 0.29) is 23.7 Å². The van der Waals surface area contributed by atoms with Gasteiger partial charge in [0, 0.05) is 11.4 Å². The molecule has 1 heterocycles. The highest BCUT2D eigenvalue weighted by Gasteiger charge is 2.45. The average Bonchev–Trinajstić information content (AvgIpc) is 3.13. The van der Waals surface area contributed by atoms with Gasteiger partial charge in [-0.25, -0.2) is 0 Å². The van der Waals surface area contributed by atoms with Gasteiger partial charge in [0.15, 0.2) is 0 Å². The maximum atomic E-state index is 12.1. The van der Waals surface area contributed by atoms with Crippen molar-refractivity contribution in [3.8, 4) is 0 Å². The van der Waals surface area contributed by atoms with E-state index in [1.165, 1.54) is 0 Å². The molecular formula is C14H14ClNO2. The van der Waals surface area contributed by atoms with Crippen molar-refractivity contribution in [1.29, 1.82) is 0 Å². The number of amides is 2. The Bertz CT molecular complexity index is 510. The number of hydrogen-bond acceptors (Lipinski definition) is 2. The summed E-state index contributed by atoms with van der Waals surface area (Å²) >= 11 is 6.18. The SMILES string of the molecule is O=C1CC(C2CC2)C(c2ccccc2Cl)C(=O)N1. The lowest BCUT2D eigenvalue weighted by atomic mass is 9.77. The van der Waals surface area contributed by atoms with E-state index in [2.05, 4.69) is 5.32 Å². The molecule has 2 aliphatic rings. The number of halogens is 1. The molecule has 1 aromatic carbocycles. The molecule has 0 bridgehead atoms. The summed E-state index contributed by atoms with van der Waals surface area (Å²) in [5, 5.41) is 3.04. The molecule has 0 radical (unpaired) electrons. The first-order valence-electron chi connectivity index (χ1n) is 6.25. The highest BCUT2D eigenvalue weighted by molar-refractivity contribution is 6.31. The third-order valence-corrected chi connectivity index (χ3v) is 4.21. The molecule has 94 valence electrons. The first-order valence-corrected chi connectivity index (χ1v) is 6.62. The lowest BCUT2D eigenvalue weighted by molar-refractivity contribution is -0.136. The van der Waals surface area contributed by atoms with E-state index in [0.29, 0.717) is 17.4 Å². The van der Waals surface area contributed by atoms with Crippen molar-refractivity contribution in [2.45, 2.75) is 25.2 Å². The fourth-order valence-electron chi connectivity index (χ4n) is 2.85. The number of nitrogens with one attached hydrogen (secondary N) is 1. The van der Waals surface area contributed by atoms with E-state index in [1.807, 2.05) is 18.2 Å². The summed E-state index contributed by atoms with van der Waals surface area (Å²) in [5.41, 5.74) is 0.848. The van der Waals surface area contributed by atoms with Gasteiger partial charge in [0.05, 0.1) is 5.92 Å². The Hall–Kier alpha value is -1.35. The Balaban J connectivity index is 1.98. The molecule has 2 fully saturated rings. The summed E-state index contributed by atoms with van der Waals surface area (Å²) in [6.45, 7) is 0. The number of rotatable bonds is 2. The number of hydrogen-bond donors (Lipinski definition) is 1. The van der Waals surface area contributed by atoms with Gasteiger partial charge in [0.25, 0.3) is 0 Å². The maximum absolute atomic E-state index is 12.1. The van der Waals surface area contributed by atoms with Crippen LogP contribution in [0.2, 0.25) is 5.02 Å². The lowest BCUT2D eigenvalue weighted by Crippen LogP contribution is -2.45. The van der Waals surface area contributed by atoms with Crippen LogP contribution in [0.5, 0.6) is 0 Å². The van der Waals surface area contributed by atoms with Crippen LogP contribution in [0.3, 0.4) is 0 Å². The van der Waals surface area contributed by atoms with E-state index in [4.69, 9.17) is 11.6 Å². The number of benzene rings is 1. The molecule has 4 heteroatoms. The molecule has 1 N–H and O–H groups in total. The normalized spacial score (nSPS) is 28.1. The highest BCUT2D eigenvalue weighted by Crippen LogP contribution is 2.48. The molecule has 1 aromatic rings. The Kier molecular flexibility index (Phi) is 2.86. The Labute approximate surface area is 111 Å². The Morgan fingerprint density at radius 1 is 1.17 bits per heavy atom. The number of piperidine rings is 1. The molecule has 0 spiro atoms. The third-order valence-electron chi connectivity index (χ3n) is 3.86. The van der Waals surface area contributed by atoms with E-state index >= 15 is 0 Å². The summed E-state index contributed by atoms with van der Waals surface area (Å²) < 4.78 is 0. The van der Waals surface area contributed by atoms with Gasteiger partial charge >= 0.3 is 0 Å². The summed E-state index contributed by atoms with van der Waals surface area (Å²) in [5.74, 6) is -0.00669. The zero-order valence-corrected chi connectivity index (χ0v) is 10.6. The van der Waals surface area contributed by atoms with Gasteiger partial charge in [0.2, 0.25) is 11.8 Å². The standard InChI is InChI=1S/C14H14ClNO2/c15-11-4-2-1-3-9(11)13-10(8-5-6-8)7-12(17)16-14(13)18/h1-4,8,10,13H,5-7H2,(H,16,17,18). The van der Waals surface area contributed by atoms with Crippen molar-refractivity contribution in [3.63, 3.8) is 0 Å². The van der Waals surface area contributed by atoms with Crippen LogP contribution in [0.4, 0.5) is 0 Å². The van der Waals surface area contributed by atoms with Crippen LogP contribution < -0.4 is 5.32 Å². The topological polar surface area (TPSA) is 46.2 Å². The van der Waals surface area contributed by atoms with Gasteiger partial charge < -0.3 is 0 Å². The minimum Gasteiger partial charge on any atom is -0.296 e. The molecule has 3 rings (SSSR count). The highest BCUT2D eigenvalue weighted by atomic mass is 35.5. The molecule has 0 aromatic heterocycles. The van der Waals surface area contributed by atoms with Gasteiger partial charge in [-0.3, -0.25) is 14.9 Å². The predicted molar refractivity (Wildman–Crippen MR) is 68.2 cm³/mol. The summed E-state index contributed by atoms with van der Waals surface area (Å²) in [4.78, 5) is 23.6. The molecule has 18 heavy (non-hydrogen) atoms. The minimum atomic E-state index is -0.274. The zero-order valence-electron chi connectivity index (χ0n) is 9.86. The van der Waals surface area contributed by atoms with Gasteiger partial charge in [-0.05, 0) is 36.3 Å². The molecule has 2 amide bonds. The van der Waals surface area contributed by atoms with E-state index in [9.17, 15) is 9.59 Å².